The minimum atomic E-state index is -0.815. The number of likely N-dealkylation sites (tertiary alicyclic amines) is 1. The van der Waals surface area contributed by atoms with Crippen molar-refractivity contribution in [2.75, 3.05) is 18.4 Å². The first-order valence-electron chi connectivity index (χ1n) is 9.42. The summed E-state index contributed by atoms with van der Waals surface area (Å²) in [5.41, 5.74) is 1.63. The van der Waals surface area contributed by atoms with E-state index in [1.807, 2.05) is 6.92 Å². The van der Waals surface area contributed by atoms with Crippen molar-refractivity contribution >= 4 is 23.5 Å². The van der Waals surface area contributed by atoms with E-state index in [-0.39, 0.29) is 23.9 Å². The smallest absolute Gasteiger partial charge is 0.306 e. The summed E-state index contributed by atoms with van der Waals surface area (Å²) < 4.78 is 1.34. The number of carbonyl (C=O) groups is 3. The number of carboxylic acids is 1. The largest absolute Gasteiger partial charge is 0.481 e. The third-order valence-corrected chi connectivity index (χ3v) is 4.99. The molecule has 2 N–H and O–H groups in total. The first-order chi connectivity index (χ1) is 13.8. The minimum absolute atomic E-state index is 0.0975. The summed E-state index contributed by atoms with van der Waals surface area (Å²) in [6.07, 6.45) is 2.53. The molecule has 2 amide bonds. The van der Waals surface area contributed by atoms with E-state index in [1.54, 1.807) is 41.4 Å². The van der Waals surface area contributed by atoms with Crippen LogP contribution < -0.4 is 10.9 Å². The molecule has 2 aromatic rings. The van der Waals surface area contributed by atoms with Gasteiger partial charge in [-0.25, -0.2) is 0 Å². The number of anilines is 1. The van der Waals surface area contributed by atoms with E-state index in [9.17, 15) is 19.2 Å². The van der Waals surface area contributed by atoms with Gasteiger partial charge in [0.15, 0.2) is 0 Å². The van der Waals surface area contributed by atoms with E-state index in [1.165, 1.54) is 10.6 Å². The number of hydrogen-bond acceptors (Lipinski definition) is 4. The number of nitrogens with zero attached hydrogens (tertiary/aromatic N) is 2. The summed E-state index contributed by atoms with van der Waals surface area (Å²) in [6, 6.07) is 9.63. The topological polar surface area (TPSA) is 109 Å². The lowest BCUT2D eigenvalue weighted by molar-refractivity contribution is -0.143. The van der Waals surface area contributed by atoms with Crippen LogP contribution >= 0.6 is 0 Å². The molecule has 2 heterocycles. The second-order valence-corrected chi connectivity index (χ2v) is 7.20. The van der Waals surface area contributed by atoms with Crippen molar-refractivity contribution < 1.29 is 19.5 Å². The van der Waals surface area contributed by atoms with Gasteiger partial charge in [0.2, 0.25) is 5.91 Å². The van der Waals surface area contributed by atoms with Crippen molar-refractivity contribution in [3.63, 3.8) is 0 Å². The number of aromatic nitrogens is 1. The predicted octanol–water partition coefficient (Wildman–Crippen LogP) is 1.73. The number of hydrogen-bond donors (Lipinski definition) is 2. The molecule has 0 saturated carbocycles. The fraction of sp³-hybridized carbons (Fsp3) is 0.333. The zero-order valence-electron chi connectivity index (χ0n) is 16.1. The van der Waals surface area contributed by atoms with E-state index in [0.29, 0.717) is 37.2 Å². The summed E-state index contributed by atoms with van der Waals surface area (Å²) in [4.78, 5) is 49.2. The second-order valence-electron chi connectivity index (χ2n) is 7.20. The highest BCUT2D eigenvalue weighted by molar-refractivity contribution is 5.96. The molecule has 1 saturated heterocycles. The van der Waals surface area contributed by atoms with Gasteiger partial charge in [-0.15, -0.1) is 0 Å². The molecule has 152 valence electrons. The van der Waals surface area contributed by atoms with Gasteiger partial charge in [0.05, 0.1) is 5.92 Å². The Kier molecular flexibility index (Phi) is 6.11. The van der Waals surface area contributed by atoms with Crippen molar-refractivity contribution in [1.29, 1.82) is 0 Å². The van der Waals surface area contributed by atoms with Gasteiger partial charge in [-0.05, 0) is 49.6 Å². The molecular weight excluding hydrogens is 374 g/mol. The average Bonchev–Trinajstić information content (AvgIpc) is 2.71. The number of aryl methyl sites for hydroxylation is 1. The molecule has 1 aromatic carbocycles. The van der Waals surface area contributed by atoms with Crippen LogP contribution in [0.1, 0.15) is 28.8 Å². The fourth-order valence-electron chi connectivity index (χ4n) is 3.34. The lowest BCUT2D eigenvalue weighted by Gasteiger charge is -2.30. The van der Waals surface area contributed by atoms with E-state index >= 15 is 0 Å². The van der Waals surface area contributed by atoms with E-state index in [0.717, 1.165) is 5.56 Å². The molecule has 29 heavy (non-hydrogen) atoms. The Hall–Kier alpha value is -3.42. The Morgan fingerprint density at radius 1 is 1.07 bits per heavy atom. The maximum absolute atomic E-state index is 12.6. The standard InChI is InChI=1S/C21H23N3O5/c1-14-2-7-19(26)24(12-14)13-18(25)22-17-5-3-15(4-6-17)20(27)23-10-8-16(9-11-23)21(28)29/h2-7,12,16H,8-11,13H2,1H3,(H,22,25)(H,28,29). The Bertz CT molecular complexity index is 973. The van der Waals surface area contributed by atoms with Gasteiger partial charge < -0.3 is 19.9 Å². The number of amides is 2. The Balaban J connectivity index is 1.58. The van der Waals surface area contributed by atoms with E-state index in [2.05, 4.69) is 5.32 Å². The third kappa shape index (κ3) is 5.10. The van der Waals surface area contributed by atoms with Crippen LogP contribution in [0.15, 0.2) is 47.4 Å². The number of rotatable bonds is 5. The van der Waals surface area contributed by atoms with Crippen LogP contribution in [0.4, 0.5) is 5.69 Å². The molecule has 0 atom stereocenters. The summed E-state index contributed by atoms with van der Waals surface area (Å²) in [5, 5.41) is 11.8. The maximum atomic E-state index is 12.6. The van der Waals surface area contributed by atoms with Gasteiger partial charge in [-0.3, -0.25) is 19.2 Å². The van der Waals surface area contributed by atoms with Crippen LogP contribution in [0.5, 0.6) is 0 Å². The summed E-state index contributed by atoms with van der Waals surface area (Å²) in [5.74, 6) is -1.70. The quantitative estimate of drug-likeness (QED) is 0.799. The molecular formula is C21H23N3O5. The number of carboxylic acid groups (broad SMARTS) is 1. The van der Waals surface area contributed by atoms with Crippen LogP contribution in [0, 0.1) is 12.8 Å². The van der Waals surface area contributed by atoms with Gasteiger partial charge in [-0.2, -0.15) is 0 Å². The summed E-state index contributed by atoms with van der Waals surface area (Å²) in [7, 11) is 0. The monoisotopic (exact) mass is 397 g/mol. The lowest BCUT2D eigenvalue weighted by atomic mass is 9.96. The number of aliphatic carboxylic acids is 1. The normalized spacial score (nSPS) is 14.4. The number of piperidine rings is 1. The van der Waals surface area contributed by atoms with Gasteiger partial charge in [-0.1, -0.05) is 6.07 Å². The molecule has 8 nitrogen and oxygen atoms in total. The maximum Gasteiger partial charge on any atom is 0.306 e. The minimum Gasteiger partial charge on any atom is -0.481 e. The molecule has 0 bridgehead atoms. The van der Waals surface area contributed by atoms with Gasteiger partial charge in [0.1, 0.15) is 6.54 Å². The zero-order valence-corrected chi connectivity index (χ0v) is 16.1. The third-order valence-electron chi connectivity index (χ3n) is 4.99. The molecule has 8 heteroatoms. The average molecular weight is 397 g/mol. The SMILES string of the molecule is Cc1ccc(=O)n(CC(=O)Nc2ccc(C(=O)N3CCC(C(=O)O)CC3)cc2)c1. The van der Waals surface area contributed by atoms with Crippen LogP contribution in [0.25, 0.3) is 0 Å². The molecule has 1 aromatic heterocycles. The highest BCUT2D eigenvalue weighted by Gasteiger charge is 2.27. The van der Waals surface area contributed by atoms with E-state index in [4.69, 9.17) is 5.11 Å². The van der Waals surface area contributed by atoms with Crippen LogP contribution in [0.3, 0.4) is 0 Å². The molecule has 1 aliphatic rings. The Morgan fingerprint density at radius 2 is 1.72 bits per heavy atom. The van der Waals surface area contributed by atoms with Crippen LogP contribution in [0.2, 0.25) is 0 Å². The number of benzene rings is 1. The van der Waals surface area contributed by atoms with Crippen molar-refractivity contribution in [3.8, 4) is 0 Å². The van der Waals surface area contributed by atoms with Crippen molar-refractivity contribution in [2.45, 2.75) is 26.3 Å². The first kappa shape index (κ1) is 20.3. The second kappa shape index (κ2) is 8.72. The van der Waals surface area contributed by atoms with Crippen molar-refractivity contribution in [2.24, 2.45) is 5.92 Å². The van der Waals surface area contributed by atoms with Crippen LogP contribution in [-0.2, 0) is 16.1 Å². The molecule has 0 unspecified atom stereocenters. The van der Waals surface area contributed by atoms with Gasteiger partial charge >= 0.3 is 5.97 Å². The Labute approximate surface area is 167 Å². The molecule has 0 aliphatic carbocycles. The highest BCUT2D eigenvalue weighted by Crippen LogP contribution is 2.20. The Morgan fingerprint density at radius 3 is 2.34 bits per heavy atom. The molecule has 1 aliphatic heterocycles. The highest BCUT2D eigenvalue weighted by atomic mass is 16.4. The molecule has 1 fully saturated rings. The number of carbonyl (C=O) groups excluding carboxylic acids is 2. The summed E-state index contributed by atoms with van der Waals surface area (Å²) in [6.45, 7) is 2.58. The van der Waals surface area contributed by atoms with Crippen LogP contribution in [-0.4, -0.2) is 45.4 Å². The molecule has 3 rings (SSSR count). The van der Waals surface area contributed by atoms with Gasteiger partial charge in [0, 0.05) is 36.6 Å². The van der Waals surface area contributed by atoms with Crippen molar-refractivity contribution in [3.05, 3.63) is 64.1 Å². The number of pyridine rings is 1. The lowest BCUT2D eigenvalue weighted by Crippen LogP contribution is -2.40. The number of nitrogens with one attached hydrogen (secondary N) is 1. The predicted molar refractivity (Wildman–Crippen MR) is 107 cm³/mol. The zero-order chi connectivity index (χ0) is 21.0. The molecule has 0 radical (unpaired) electrons. The first-order valence-corrected chi connectivity index (χ1v) is 9.42. The van der Waals surface area contributed by atoms with E-state index < -0.39 is 11.9 Å². The fourth-order valence-corrected chi connectivity index (χ4v) is 3.34. The summed E-state index contributed by atoms with van der Waals surface area (Å²) >= 11 is 0. The van der Waals surface area contributed by atoms with Crippen molar-refractivity contribution in [1.82, 2.24) is 9.47 Å². The van der Waals surface area contributed by atoms with Gasteiger partial charge in [0.25, 0.3) is 11.5 Å². The molecule has 0 spiro atoms.